The predicted molar refractivity (Wildman–Crippen MR) is 137 cm³/mol. The number of carbonyl (C=O) groups is 1. The first-order valence-electron chi connectivity index (χ1n) is 12.4. The van der Waals surface area contributed by atoms with Crippen molar-refractivity contribution in [3.05, 3.63) is 23.3 Å². The summed E-state index contributed by atoms with van der Waals surface area (Å²) < 4.78 is 57.1. The molecule has 1 N–H and O–H groups in total. The van der Waals surface area contributed by atoms with Crippen molar-refractivity contribution in [3.63, 3.8) is 0 Å². The average molecular weight is 578 g/mol. The molecular weight excluding hydrogens is 552 g/mol. The Morgan fingerprint density at radius 3 is 2.49 bits per heavy atom. The monoisotopic (exact) mass is 577 g/mol. The molecule has 12 nitrogen and oxygen atoms in total. The van der Waals surface area contributed by atoms with Crippen molar-refractivity contribution in [3.8, 4) is 11.2 Å². The maximum atomic E-state index is 13.5. The van der Waals surface area contributed by atoms with Gasteiger partial charge in [0.15, 0.2) is 5.01 Å². The Balaban J connectivity index is 1.45. The number of sulfonamides is 1. The predicted octanol–water partition coefficient (Wildman–Crippen LogP) is 2.48. The van der Waals surface area contributed by atoms with Gasteiger partial charge in [-0.1, -0.05) is 11.3 Å². The molecule has 1 aliphatic carbocycles. The lowest BCUT2D eigenvalue weighted by molar-refractivity contribution is 0.138. The molecule has 206 valence electrons. The highest BCUT2D eigenvalue weighted by Gasteiger charge is 2.47. The number of rotatable bonds is 6. The van der Waals surface area contributed by atoms with Crippen molar-refractivity contribution in [2.45, 2.75) is 54.6 Å². The minimum Gasteiger partial charge on any atom is -0.367 e. The highest BCUT2D eigenvalue weighted by Crippen LogP contribution is 2.40. The summed E-state index contributed by atoms with van der Waals surface area (Å²) in [5, 5.41) is 21.4. The number of nitrogens with zero attached hydrogens (tertiary/aromatic N) is 8. The van der Waals surface area contributed by atoms with Crippen LogP contribution in [0.1, 0.15) is 37.1 Å². The lowest BCUT2D eigenvalue weighted by Crippen LogP contribution is -2.58. The third kappa shape index (κ3) is 4.38. The summed E-state index contributed by atoms with van der Waals surface area (Å²) in [5.74, 6) is 0. The topological polar surface area (TPSA) is 140 Å². The maximum absolute atomic E-state index is 13.5. The van der Waals surface area contributed by atoms with E-state index < -0.39 is 27.0 Å². The van der Waals surface area contributed by atoms with Crippen LogP contribution in [-0.2, 0) is 10.0 Å². The standard InChI is InChI=1S/C23H25F2N9O3S2/c1-31(2)22(35)33-13-3-4-14(33)11-32(10-13)17-7-15(39(36,37)30-23(12-26)5-6-23)8-18-16(17)9-27-34(18)21-29-28-20(38-21)19(24)25/h7-9,13-14,19,30H,3-6,10-11H2,1-2H3/t13-,14+. The summed E-state index contributed by atoms with van der Waals surface area (Å²) >= 11 is 0.667. The number of amides is 2. The zero-order valence-corrected chi connectivity index (χ0v) is 22.7. The second-order valence-electron chi connectivity index (χ2n) is 10.3. The van der Waals surface area contributed by atoms with Gasteiger partial charge in [0, 0.05) is 38.3 Å². The highest BCUT2D eigenvalue weighted by atomic mass is 32.2. The Hall–Kier alpha value is -3.42. The van der Waals surface area contributed by atoms with Crippen molar-refractivity contribution < 1.29 is 22.0 Å². The van der Waals surface area contributed by atoms with Crippen LogP contribution in [0, 0.1) is 11.3 Å². The molecule has 2 atom stereocenters. The van der Waals surface area contributed by atoms with E-state index in [0.717, 1.165) is 12.8 Å². The van der Waals surface area contributed by atoms with E-state index in [2.05, 4.69) is 24.9 Å². The molecule has 2 aliphatic heterocycles. The SMILES string of the molecule is CN(C)C(=O)N1[C@@H]2CC[C@H]1CN(c1cc(S(=O)(=O)NC3(C#N)CC3)cc3c1cnn3-c1nnc(C(F)F)s1)C2. The van der Waals surface area contributed by atoms with Crippen LogP contribution in [0.2, 0.25) is 0 Å². The summed E-state index contributed by atoms with van der Waals surface area (Å²) in [5.41, 5.74) is -0.184. The molecule has 3 fully saturated rings. The number of anilines is 1. The fraction of sp³-hybridized carbons (Fsp3) is 0.522. The van der Waals surface area contributed by atoms with E-state index in [0.29, 0.717) is 53.9 Å². The molecule has 2 aromatic heterocycles. The number of urea groups is 1. The van der Waals surface area contributed by atoms with Gasteiger partial charge in [0.2, 0.25) is 15.2 Å². The van der Waals surface area contributed by atoms with Gasteiger partial charge >= 0.3 is 6.03 Å². The van der Waals surface area contributed by atoms with Gasteiger partial charge < -0.3 is 14.7 Å². The number of hydrogen-bond donors (Lipinski definition) is 1. The molecule has 4 heterocycles. The fourth-order valence-corrected chi connectivity index (χ4v) is 7.46. The second-order valence-corrected chi connectivity index (χ2v) is 13.0. The Labute approximate surface area is 226 Å². The molecule has 0 unspecified atom stereocenters. The largest absolute Gasteiger partial charge is 0.367 e. The minimum absolute atomic E-state index is 0.0489. The normalized spacial score (nSPS) is 21.9. The Morgan fingerprint density at radius 2 is 1.92 bits per heavy atom. The molecule has 3 aliphatic rings. The number of carbonyl (C=O) groups excluding carboxylic acids is 1. The van der Waals surface area contributed by atoms with Crippen LogP contribution in [0.4, 0.5) is 19.3 Å². The molecule has 2 bridgehead atoms. The highest BCUT2D eigenvalue weighted by molar-refractivity contribution is 7.89. The number of piperazine rings is 1. The van der Waals surface area contributed by atoms with Crippen LogP contribution in [0.5, 0.6) is 0 Å². The van der Waals surface area contributed by atoms with Gasteiger partial charge in [0.1, 0.15) is 5.54 Å². The molecular formula is C23H25F2N9O3S2. The zero-order valence-electron chi connectivity index (χ0n) is 21.1. The number of nitriles is 1. The molecule has 2 amide bonds. The molecule has 39 heavy (non-hydrogen) atoms. The first-order valence-corrected chi connectivity index (χ1v) is 14.7. The van der Waals surface area contributed by atoms with E-state index in [-0.39, 0.29) is 28.1 Å². The molecule has 16 heteroatoms. The van der Waals surface area contributed by atoms with Crippen LogP contribution in [0.25, 0.3) is 16.0 Å². The number of aromatic nitrogens is 4. The number of halogens is 2. The van der Waals surface area contributed by atoms with E-state index >= 15 is 0 Å². The minimum atomic E-state index is -4.12. The molecule has 1 aromatic carbocycles. The van der Waals surface area contributed by atoms with Crippen molar-refractivity contribution in [2.24, 2.45) is 0 Å². The molecule has 6 rings (SSSR count). The summed E-state index contributed by atoms with van der Waals surface area (Å²) in [4.78, 5) is 18.2. The van der Waals surface area contributed by atoms with Gasteiger partial charge in [-0.2, -0.15) is 15.1 Å². The van der Waals surface area contributed by atoms with Gasteiger partial charge in [-0.25, -0.2) is 26.7 Å². The van der Waals surface area contributed by atoms with E-state index in [9.17, 15) is 27.3 Å². The molecule has 3 aromatic rings. The lowest BCUT2D eigenvalue weighted by atomic mass is 10.1. The summed E-state index contributed by atoms with van der Waals surface area (Å²) in [6.07, 6.45) is 1.24. The van der Waals surface area contributed by atoms with Gasteiger partial charge in [0.25, 0.3) is 6.43 Å². The lowest BCUT2D eigenvalue weighted by Gasteiger charge is -2.43. The third-order valence-electron chi connectivity index (χ3n) is 7.47. The molecule has 1 saturated carbocycles. The van der Waals surface area contributed by atoms with E-state index in [1.54, 1.807) is 31.3 Å². The Kier molecular flexibility index (Phi) is 6.01. The van der Waals surface area contributed by atoms with Crippen molar-refractivity contribution in [2.75, 3.05) is 32.1 Å². The molecule has 2 saturated heterocycles. The number of nitrogens with one attached hydrogen (secondary N) is 1. The second kappa shape index (κ2) is 9.07. The Bertz CT molecular complexity index is 1600. The maximum Gasteiger partial charge on any atom is 0.320 e. The average Bonchev–Trinajstić information content (AvgIpc) is 3.19. The summed E-state index contributed by atoms with van der Waals surface area (Å²) in [6.45, 7) is 0.980. The summed E-state index contributed by atoms with van der Waals surface area (Å²) in [7, 11) is -0.683. The first kappa shape index (κ1) is 25.8. The van der Waals surface area contributed by atoms with Crippen LogP contribution in [-0.4, -0.2) is 89.0 Å². The van der Waals surface area contributed by atoms with Crippen molar-refractivity contribution in [1.29, 1.82) is 5.26 Å². The van der Waals surface area contributed by atoms with Gasteiger partial charge in [-0.05, 0) is 37.8 Å². The molecule has 0 spiro atoms. The van der Waals surface area contributed by atoms with Crippen molar-refractivity contribution in [1.82, 2.24) is 34.5 Å². The zero-order chi connectivity index (χ0) is 27.7. The van der Waals surface area contributed by atoms with Crippen LogP contribution < -0.4 is 9.62 Å². The smallest absolute Gasteiger partial charge is 0.320 e. The van der Waals surface area contributed by atoms with E-state index in [4.69, 9.17) is 0 Å². The number of hydrogen-bond acceptors (Lipinski definition) is 9. The quantitative estimate of drug-likeness (QED) is 0.471. The first-order chi connectivity index (χ1) is 18.5. The summed E-state index contributed by atoms with van der Waals surface area (Å²) in [6, 6.07) is 4.84. The Morgan fingerprint density at radius 1 is 1.23 bits per heavy atom. The van der Waals surface area contributed by atoms with Gasteiger partial charge in [-0.15, -0.1) is 10.2 Å². The van der Waals surface area contributed by atoms with Crippen LogP contribution in [0.15, 0.2) is 23.2 Å². The molecule has 0 radical (unpaired) electrons. The van der Waals surface area contributed by atoms with Gasteiger partial charge in [0.05, 0.1) is 34.8 Å². The number of benzene rings is 1. The van der Waals surface area contributed by atoms with E-state index in [1.807, 2.05) is 11.0 Å². The van der Waals surface area contributed by atoms with Gasteiger partial charge in [-0.3, -0.25) is 0 Å². The number of fused-ring (bicyclic) bond motifs is 3. The fourth-order valence-electron chi connectivity index (χ4n) is 5.37. The van der Waals surface area contributed by atoms with Crippen LogP contribution >= 0.6 is 11.3 Å². The van der Waals surface area contributed by atoms with Crippen molar-refractivity contribution >= 4 is 44.0 Å². The van der Waals surface area contributed by atoms with E-state index in [1.165, 1.54) is 10.7 Å². The number of alkyl halides is 2. The van der Waals surface area contributed by atoms with Crippen LogP contribution in [0.3, 0.4) is 0 Å². The third-order valence-corrected chi connectivity index (χ3v) is 9.89.